The molecule has 14 nitrogen and oxygen atoms in total. The van der Waals surface area contributed by atoms with Crippen LogP contribution in [0.2, 0.25) is 0 Å². The third-order valence-electron chi connectivity index (χ3n) is 4.49. The molecule has 36 heavy (non-hydrogen) atoms. The van der Waals surface area contributed by atoms with Crippen molar-refractivity contribution >= 4 is 67.8 Å². The van der Waals surface area contributed by atoms with Crippen molar-refractivity contribution in [2.24, 2.45) is 5.16 Å². The normalized spacial score (nSPS) is 17.7. The predicted molar refractivity (Wildman–Crippen MR) is 125 cm³/mol. The molecule has 3 amide bonds. The van der Waals surface area contributed by atoms with Gasteiger partial charge in [-0.3, -0.25) is 23.7 Å². The van der Waals surface area contributed by atoms with Crippen molar-refractivity contribution in [2.45, 2.75) is 18.7 Å². The molecule has 3 N–H and O–H groups in total. The monoisotopic (exact) mass is 559 g/mol. The fourth-order valence-corrected chi connectivity index (χ4v) is 4.52. The molecule has 0 saturated carbocycles. The van der Waals surface area contributed by atoms with Crippen LogP contribution in [0.4, 0.5) is 5.13 Å². The summed E-state index contributed by atoms with van der Waals surface area (Å²) in [5.74, 6) is -4.09. The Bertz CT molecular complexity index is 1300. The number of hydrogen-bond acceptors (Lipinski definition) is 11. The van der Waals surface area contributed by atoms with Gasteiger partial charge in [0.15, 0.2) is 16.9 Å². The first-order chi connectivity index (χ1) is 17.0. The van der Waals surface area contributed by atoms with E-state index in [1.54, 1.807) is 30.3 Å². The quantitative estimate of drug-likeness (QED) is 0.0884. The van der Waals surface area contributed by atoms with E-state index in [0.29, 0.717) is 5.56 Å². The second-order valence-electron chi connectivity index (χ2n) is 6.95. The van der Waals surface area contributed by atoms with Crippen LogP contribution in [0, 0.1) is 0 Å². The fourth-order valence-electron chi connectivity index (χ4n) is 2.97. The molecule has 2 heterocycles. The summed E-state index contributed by atoms with van der Waals surface area (Å²) in [4.78, 5) is 57.7. The maximum atomic E-state index is 12.9. The number of oxime groups is 1. The Morgan fingerprint density at radius 3 is 2.58 bits per heavy atom. The lowest BCUT2D eigenvalue weighted by Gasteiger charge is -2.42. The Kier molecular flexibility index (Phi) is 8.57. The third-order valence-corrected chi connectivity index (χ3v) is 6.38. The van der Waals surface area contributed by atoms with E-state index in [1.807, 2.05) is 0 Å². The highest BCUT2D eigenvalue weighted by molar-refractivity contribution is 7.84. The van der Waals surface area contributed by atoms with Gasteiger partial charge in [0.25, 0.3) is 11.8 Å². The van der Waals surface area contributed by atoms with E-state index in [-0.39, 0.29) is 27.4 Å². The van der Waals surface area contributed by atoms with E-state index in [4.69, 9.17) is 16.3 Å². The van der Waals surface area contributed by atoms with Gasteiger partial charge in [0, 0.05) is 5.38 Å². The van der Waals surface area contributed by atoms with E-state index in [0.717, 1.165) is 18.4 Å². The number of esters is 1. The first-order valence-electron chi connectivity index (χ1n) is 9.83. The minimum absolute atomic E-state index is 0.0553. The molecule has 1 aliphatic heterocycles. The number of amides is 3. The Balaban J connectivity index is 1.77. The van der Waals surface area contributed by atoms with E-state index >= 15 is 0 Å². The summed E-state index contributed by atoms with van der Waals surface area (Å²) in [7, 11) is -3.97. The molecule has 1 aromatic heterocycles. The number of β-lactam (4-membered cyclic amide) rings is 1. The topological polar surface area (TPSA) is 194 Å². The lowest BCUT2D eigenvalue weighted by Crippen LogP contribution is -2.73. The van der Waals surface area contributed by atoms with Crippen molar-refractivity contribution in [3.05, 3.63) is 47.0 Å². The van der Waals surface area contributed by atoms with Gasteiger partial charge in [0.2, 0.25) is 12.1 Å². The summed E-state index contributed by atoms with van der Waals surface area (Å²) < 4.78 is 37.7. The van der Waals surface area contributed by atoms with Crippen LogP contribution in [0.1, 0.15) is 11.3 Å². The van der Waals surface area contributed by atoms with Crippen LogP contribution in [0.5, 0.6) is 0 Å². The number of hydrogen-bond donors (Lipinski definition) is 3. The number of carbonyl (C=O) groups is 4. The number of nitrogens with zero attached hydrogens (tertiary/aromatic N) is 3. The molecular formula is C19H18ClN5O9S2. The Morgan fingerprint density at radius 2 is 1.97 bits per heavy atom. The zero-order chi connectivity index (χ0) is 26.5. The van der Waals surface area contributed by atoms with Crippen molar-refractivity contribution in [3.63, 3.8) is 0 Å². The van der Waals surface area contributed by atoms with Gasteiger partial charge in [0.1, 0.15) is 18.7 Å². The molecule has 17 heteroatoms. The van der Waals surface area contributed by atoms with Crippen LogP contribution in [0.25, 0.3) is 0 Å². The number of alkyl halides is 1. The molecule has 0 spiro atoms. The van der Waals surface area contributed by atoms with Crippen LogP contribution < -0.4 is 10.6 Å². The number of rotatable bonds is 10. The van der Waals surface area contributed by atoms with Gasteiger partial charge in [-0.05, 0) is 5.56 Å². The third kappa shape index (κ3) is 6.34. The maximum Gasteiger partial charge on any atom is 0.365 e. The summed E-state index contributed by atoms with van der Waals surface area (Å²) >= 11 is 6.37. The van der Waals surface area contributed by atoms with Gasteiger partial charge in [-0.15, -0.1) is 22.9 Å². The first kappa shape index (κ1) is 27.0. The lowest BCUT2D eigenvalue weighted by molar-refractivity contribution is -0.179. The molecule has 1 aromatic carbocycles. The van der Waals surface area contributed by atoms with Crippen LogP contribution in [0.15, 0.2) is 40.9 Å². The molecule has 3 rings (SSSR count). The van der Waals surface area contributed by atoms with Crippen LogP contribution in [-0.4, -0.2) is 76.9 Å². The number of thiazole rings is 1. The van der Waals surface area contributed by atoms with E-state index in [1.165, 1.54) is 5.38 Å². The van der Waals surface area contributed by atoms with Crippen LogP contribution in [-0.2, 0) is 45.5 Å². The van der Waals surface area contributed by atoms with Crippen molar-refractivity contribution in [2.75, 3.05) is 18.3 Å². The average Bonchev–Trinajstić information content (AvgIpc) is 3.28. The SMILES string of the molecule is CON=C(C(=O)N[C@@H]1C(=O)N(S(=O)(=O)O)[C@@H]1OC(=O)Cc1ccccc1)c1csc(NC(=O)CCl)n1. The summed E-state index contributed by atoms with van der Waals surface area (Å²) in [5.41, 5.74) is 0.0510. The number of anilines is 1. The number of ether oxygens (including phenoxy) is 1. The summed E-state index contributed by atoms with van der Waals surface area (Å²) in [5, 5.41) is 9.59. The Hall–Kier alpha value is -3.60. The predicted octanol–water partition coefficient (Wildman–Crippen LogP) is -0.0873. The fraction of sp³-hybridized carbons (Fsp3) is 0.263. The largest absolute Gasteiger partial charge is 0.437 e. The molecule has 1 fully saturated rings. The van der Waals surface area contributed by atoms with Crippen molar-refractivity contribution in [1.82, 2.24) is 14.6 Å². The van der Waals surface area contributed by atoms with Crippen molar-refractivity contribution < 1.29 is 41.7 Å². The highest BCUT2D eigenvalue weighted by Crippen LogP contribution is 2.26. The number of nitrogens with one attached hydrogen (secondary N) is 2. The van der Waals surface area contributed by atoms with Gasteiger partial charge in [0.05, 0.1) is 6.42 Å². The molecule has 0 unspecified atom stereocenters. The zero-order valence-electron chi connectivity index (χ0n) is 18.3. The number of halogens is 1. The maximum absolute atomic E-state index is 12.9. The number of benzene rings is 1. The molecule has 0 aliphatic carbocycles. The second kappa shape index (κ2) is 11.4. The highest BCUT2D eigenvalue weighted by atomic mass is 35.5. The molecule has 2 aromatic rings. The molecule has 0 radical (unpaired) electrons. The molecule has 192 valence electrons. The summed E-state index contributed by atoms with van der Waals surface area (Å²) in [6.07, 6.45) is -2.12. The second-order valence-corrected chi connectivity index (χ2v) is 9.36. The highest BCUT2D eigenvalue weighted by Gasteiger charge is 2.57. The Labute approximate surface area is 213 Å². The summed E-state index contributed by atoms with van der Waals surface area (Å²) in [6, 6.07) is 6.64. The molecule has 0 bridgehead atoms. The van der Waals surface area contributed by atoms with Gasteiger partial charge in [-0.2, -0.15) is 12.7 Å². The van der Waals surface area contributed by atoms with E-state index < -0.39 is 52.0 Å². The zero-order valence-corrected chi connectivity index (χ0v) is 20.7. The van der Waals surface area contributed by atoms with Gasteiger partial charge in [-0.1, -0.05) is 35.5 Å². The summed E-state index contributed by atoms with van der Waals surface area (Å²) in [6.45, 7) is 0. The number of carbonyl (C=O) groups excluding carboxylic acids is 4. The smallest absolute Gasteiger partial charge is 0.365 e. The number of aromatic nitrogens is 1. The lowest BCUT2D eigenvalue weighted by atomic mass is 10.1. The molecule has 1 aliphatic rings. The van der Waals surface area contributed by atoms with Gasteiger partial charge >= 0.3 is 16.3 Å². The van der Waals surface area contributed by atoms with Crippen LogP contribution in [0.3, 0.4) is 0 Å². The molecule has 2 atom stereocenters. The van der Waals surface area contributed by atoms with E-state index in [9.17, 15) is 32.1 Å². The van der Waals surface area contributed by atoms with E-state index in [2.05, 4.69) is 25.6 Å². The molecular weight excluding hydrogens is 542 g/mol. The van der Waals surface area contributed by atoms with Crippen molar-refractivity contribution in [1.29, 1.82) is 0 Å². The first-order valence-corrected chi connectivity index (χ1v) is 12.6. The standard InChI is InChI=1S/C19H18ClN5O9S2/c1-33-24-14(11-9-35-19(21-11)22-12(26)8-20)16(28)23-15-17(29)25(36(30,31)32)18(15)34-13(27)7-10-5-3-2-4-6-10/h2-6,9,15,18H,7-8H2,1H3,(H,23,28)(H,21,22,26)(H,30,31,32)/t15-,18-/m1/s1. The van der Waals surface area contributed by atoms with Crippen LogP contribution >= 0.6 is 22.9 Å². The molecule has 1 saturated heterocycles. The van der Waals surface area contributed by atoms with Gasteiger partial charge < -0.3 is 20.2 Å². The van der Waals surface area contributed by atoms with Crippen molar-refractivity contribution in [3.8, 4) is 0 Å². The minimum Gasteiger partial charge on any atom is -0.437 e. The average molecular weight is 560 g/mol. The minimum atomic E-state index is -5.11. The Morgan fingerprint density at radius 1 is 1.28 bits per heavy atom. The van der Waals surface area contributed by atoms with Gasteiger partial charge in [-0.25, -0.2) is 4.98 Å².